The van der Waals surface area contributed by atoms with E-state index in [0.717, 1.165) is 11.3 Å². The van der Waals surface area contributed by atoms with Crippen molar-refractivity contribution in [2.45, 2.75) is 24.7 Å². The van der Waals surface area contributed by atoms with Gasteiger partial charge < -0.3 is 10.1 Å². The third-order valence-electron chi connectivity index (χ3n) is 4.90. The van der Waals surface area contributed by atoms with E-state index in [1.807, 2.05) is 31.2 Å². The molecule has 1 aliphatic heterocycles. The van der Waals surface area contributed by atoms with Crippen LogP contribution in [0.25, 0.3) is 0 Å². The van der Waals surface area contributed by atoms with E-state index in [0.29, 0.717) is 37.6 Å². The molecule has 0 bridgehead atoms. The number of carbonyl (C=O) groups excluding carboxylic acids is 1. The normalized spacial score (nSPS) is 17.7. The van der Waals surface area contributed by atoms with Crippen molar-refractivity contribution in [2.75, 3.05) is 26.2 Å². The van der Waals surface area contributed by atoms with Crippen molar-refractivity contribution in [3.05, 3.63) is 59.1 Å². The Labute approximate surface area is 176 Å². The first kappa shape index (κ1) is 21.6. The van der Waals surface area contributed by atoms with Crippen molar-refractivity contribution in [1.29, 1.82) is 0 Å². The number of nitrogens with one attached hydrogen (secondary N) is 1. The lowest BCUT2D eigenvalue weighted by atomic mass is 9.99. The molecule has 0 spiro atoms. The van der Waals surface area contributed by atoms with E-state index in [9.17, 15) is 13.2 Å². The molecule has 29 heavy (non-hydrogen) atoms. The molecule has 0 aromatic heterocycles. The number of piperidine rings is 1. The predicted octanol–water partition coefficient (Wildman–Crippen LogP) is 3.24. The average molecular weight is 437 g/mol. The van der Waals surface area contributed by atoms with Crippen LogP contribution in [0.3, 0.4) is 0 Å². The topological polar surface area (TPSA) is 75.7 Å². The number of carbonyl (C=O) groups is 1. The summed E-state index contributed by atoms with van der Waals surface area (Å²) in [7, 11) is -3.64. The molecule has 1 fully saturated rings. The number of ether oxygens (including phenoxy) is 1. The average Bonchev–Trinajstić information content (AvgIpc) is 2.73. The molecule has 2 aromatic carbocycles. The zero-order chi connectivity index (χ0) is 20.9. The highest BCUT2D eigenvalue weighted by molar-refractivity contribution is 7.89. The lowest BCUT2D eigenvalue weighted by molar-refractivity contribution is -0.126. The third-order valence-corrected chi connectivity index (χ3v) is 7.03. The fourth-order valence-corrected chi connectivity index (χ4v) is 4.90. The summed E-state index contributed by atoms with van der Waals surface area (Å²) in [6.45, 7) is 3.31. The van der Waals surface area contributed by atoms with Gasteiger partial charge in [-0.15, -0.1) is 0 Å². The minimum Gasteiger partial charge on any atom is -0.492 e. The molecule has 8 heteroatoms. The molecule has 1 atom stereocenters. The Bertz CT molecular complexity index is 930. The quantitative estimate of drug-likeness (QED) is 0.676. The highest BCUT2D eigenvalue weighted by Crippen LogP contribution is 2.24. The second-order valence-electron chi connectivity index (χ2n) is 7.11. The zero-order valence-electron chi connectivity index (χ0n) is 16.3. The van der Waals surface area contributed by atoms with Crippen molar-refractivity contribution in [2.24, 2.45) is 5.92 Å². The maximum atomic E-state index is 12.8. The van der Waals surface area contributed by atoms with E-state index in [4.69, 9.17) is 16.3 Å². The van der Waals surface area contributed by atoms with E-state index in [2.05, 4.69) is 5.32 Å². The summed E-state index contributed by atoms with van der Waals surface area (Å²) >= 11 is 5.85. The Morgan fingerprint density at radius 3 is 2.55 bits per heavy atom. The second kappa shape index (κ2) is 9.61. The van der Waals surface area contributed by atoms with Gasteiger partial charge in [-0.2, -0.15) is 4.31 Å². The molecule has 1 amide bonds. The van der Waals surface area contributed by atoms with Crippen LogP contribution in [0.5, 0.6) is 5.75 Å². The predicted molar refractivity (Wildman–Crippen MR) is 113 cm³/mol. The Balaban J connectivity index is 1.51. The minimum atomic E-state index is -3.64. The Kier molecular flexibility index (Phi) is 7.16. The van der Waals surface area contributed by atoms with Crippen LogP contribution in [0.4, 0.5) is 0 Å². The molecule has 0 saturated carbocycles. The standard InChI is InChI=1S/C21H25ClN2O4S/c1-16-4-8-19(9-5-16)28-14-12-23-21(25)17-3-2-13-24(15-17)29(26,27)20-10-6-18(22)7-11-20/h4-11,17H,2-3,12-15H2,1H3,(H,23,25). The molecule has 2 aromatic rings. The van der Waals surface area contributed by atoms with E-state index >= 15 is 0 Å². The second-order valence-corrected chi connectivity index (χ2v) is 9.48. The maximum Gasteiger partial charge on any atom is 0.243 e. The van der Waals surface area contributed by atoms with Crippen LogP contribution in [-0.4, -0.2) is 44.9 Å². The maximum absolute atomic E-state index is 12.8. The van der Waals surface area contributed by atoms with Crippen molar-refractivity contribution >= 4 is 27.5 Å². The number of aryl methyl sites for hydroxylation is 1. The number of hydrogen-bond acceptors (Lipinski definition) is 4. The Morgan fingerprint density at radius 1 is 1.17 bits per heavy atom. The van der Waals surface area contributed by atoms with Crippen LogP contribution in [0, 0.1) is 12.8 Å². The van der Waals surface area contributed by atoms with Gasteiger partial charge in [0.05, 0.1) is 17.4 Å². The smallest absolute Gasteiger partial charge is 0.243 e. The van der Waals surface area contributed by atoms with E-state index < -0.39 is 10.0 Å². The van der Waals surface area contributed by atoms with Gasteiger partial charge in [0, 0.05) is 18.1 Å². The highest BCUT2D eigenvalue weighted by Gasteiger charge is 2.33. The summed E-state index contributed by atoms with van der Waals surface area (Å²) in [5.41, 5.74) is 1.15. The molecule has 1 unspecified atom stereocenters. The molecule has 1 heterocycles. The van der Waals surface area contributed by atoms with Gasteiger partial charge in [-0.25, -0.2) is 8.42 Å². The van der Waals surface area contributed by atoms with Crippen LogP contribution in [-0.2, 0) is 14.8 Å². The summed E-state index contributed by atoms with van der Waals surface area (Å²) in [5, 5.41) is 3.33. The number of hydrogen-bond donors (Lipinski definition) is 1. The fourth-order valence-electron chi connectivity index (χ4n) is 3.25. The summed E-state index contributed by atoms with van der Waals surface area (Å²) in [4.78, 5) is 12.7. The molecule has 156 valence electrons. The summed E-state index contributed by atoms with van der Waals surface area (Å²) in [5.74, 6) is 0.237. The first-order valence-corrected chi connectivity index (χ1v) is 11.4. The van der Waals surface area contributed by atoms with Gasteiger partial charge in [-0.1, -0.05) is 29.3 Å². The Morgan fingerprint density at radius 2 is 1.86 bits per heavy atom. The van der Waals surface area contributed by atoms with Gasteiger partial charge in [0.25, 0.3) is 0 Å². The number of nitrogens with zero attached hydrogens (tertiary/aromatic N) is 1. The van der Waals surface area contributed by atoms with Gasteiger partial charge in [0.1, 0.15) is 12.4 Å². The van der Waals surface area contributed by atoms with Gasteiger partial charge in [-0.3, -0.25) is 4.79 Å². The van der Waals surface area contributed by atoms with Crippen molar-refractivity contribution in [3.63, 3.8) is 0 Å². The van der Waals surface area contributed by atoms with E-state index in [1.54, 1.807) is 12.1 Å². The van der Waals surface area contributed by atoms with Crippen LogP contribution < -0.4 is 10.1 Å². The molecule has 1 aliphatic rings. The number of rotatable bonds is 7. The summed E-state index contributed by atoms with van der Waals surface area (Å²) in [6, 6.07) is 13.8. The van der Waals surface area contributed by atoms with Crippen molar-refractivity contribution in [1.82, 2.24) is 9.62 Å². The van der Waals surface area contributed by atoms with E-state index in [1.165, 1.54) is 16.4 Å². The molecule has 6 nitrogen and oxygen atoms in total. The molecular formula is C21H25ClN2O4S. The van der Waals surface area contributed by atoms with Crippen molar-refractivity contribution < 1.29 is 17.9 Å². The van der Waals surface area contributed by atoms with Crippen LogP contribution in [0.15, 0.2) is 53.4 Å². The summed E-state index contributed by atoms with van der Waals surface area (Å²) < 4.78 is 32.7. The molecule has 0 radical (unpaired) electrons. The van der Waals surface area contributed by atoms with Crippen molar-refractivity contribution in [3.8, 4) is 5.75 Å². The largest absolute Gasteiger partial charge is 0.492 e. The monoisotopic (exact) mass is 436 g/mol. The Hall–Kier alpha value is -2.09. The SMILES string of the molecule is Cc1ccc(OCCNC(=O)C2CCCN(S(=O)(=O)c3ccc(Cl)cc3)C2)cc1. The lowest BCUT2D eigenvalue weighted by Crippen LogP contribution is -2.45. The molecule has 0 aliphatic carbocycles. The van der Waals surface area contributed by atoms with Crippen LogP contribution >= 0.6 is 11.6 Å². The lowest BCUT2D eigenvalue weighted by Gasteiger charge is -2.31. The summed E-state index contributed by atoms with van der Waals surface area (Å²) in [6.07, 6.45) is 1.31. The van der Waals surface area contributed by atoms with Gasteiger partial charge >= 0.3 is 0 Å². The van der Waals surface area contributed by atoms with Gasteiger partial charge in [-0.05, 0) is 56.2 Å². The molecular weight excluding hydrogens is 412 g/mol. The third kappa shape index (κ3) is 5.72. The number of benzene rings is 2. The van der Waals surface area contributed by atoms with E-state index in [-0.39, 0.29) is 23.3 Å². The number of halogens is 1. The van der Waals surface area contributed by atoms with Gasteiger partial charge in [0.2, 0.25) is 15.9 Å². The van der Waals surface area contributed by atoms with Crippen LogP contribution in [0.1, 0.15) is 18.4 Å². The first-order valence-electron chi connectivity index (χ1n) is 9.59. The molecule has 1 N–H and O–H groups in total. The fraction of sp³-hybridized carbons (Fsp3) is 0.381. The van der Waals surface area contributed by atoms with Gasteiger partial charge in [0.15, 0.2) is 0 Å². The molecule has 1 saturated heterocycles. The number of amides is 1. The molecule has 3 rings (SSSR count). The first-order chi connectivity index (χ1) is 13.9. The van der Waals surface area contributed by atoms with Crippen LogP contribution in [0.2, 0.25) is 5.02 Å². The highest BCUT2D eigenvalue weighted by atomic mass is 35.5. The number of sulfonamides is 1. The zero-order valence-corrected chi connectivity index (χ0v) is 17.9. The minimum absolute atomic E-state index is 0.145.